The summed E-state index contributed by atoms with van der Waals surface area (Å²) in [6.07, 6.45) is 0.833. The lowest BCUT2D eigenvalue weighted by Gasteiger charge is -2.10. The first-order valence-electron chi connectivity index (χ1n) is 5.77. The molecule has 0 radical (unpaired) electrons. The number of benzene rings is 1. The quantitative estimate of drug-likeness (QED) is 0.937. The van der Waals surface area contributed by atoms with Gasteiger partial charge in [0.25, 0.3) is 0 Å². The van der Waals surface area contributed by atoms with Crippen molar-refractivity contribution in [2.45, 2.75) is 23.3 Å². The Morgan fingerprint density at radius 2 is 2.22 bits per heavy atom. The third-order valence-corrected chi connectivity index (χ3v) is 4.33. The van der Waals surface area contributed by atoms with Gasteiger partial charge in [-0.1, -0.05) is 35.5 Å². The van der Waals surface area contributed by atoms with Crippen LogP contribution >= 0.6 is 23.4 Å². The van der Waals surface area contributed by atoms with Gasteiger partial charge in [-0.15, -0.1) is 0 Å². The zero-order chi connectivity index (χ0) is 13.1. The monoisotopic (exact) mass is 281 g/mol. The lowest BCUT2D eigenvalue weighted by Crippen LogP contribution is -2.04. The van der Waals surface area contributed by atoms with E-state index in [0.717, 1.165) is 27.1 Å². The normalized spacial score (nSPS) is 10.9. The molecule has 0 aliphatic heterocycles. The largest absolute Gasteiger partial charge is 0.330 e. The minimum Gasteiger partial charge on any atom is -0.330 e. The molecule has 0 saturated carbocycles. The molecular weight excluding hydrogens is 266 g/mol. The first-order valence-corrected chi connectivity index (χ1v) is 6.97. The summed E-state index contributed by atoms with van der Waals surface area (Å²) in [5.41, 5.74) is 7.83. The van der Waals surface area contributed by atoms with Crippen molar-refractivity contribution in [3.63, 3.8) is 0 Å². The fourth-order valence-corrected chi connectivity index (χ4v) is 3.20. The summed E-state index contributed by atoms with van der Waals surface area (Å²) in [5, 5.41) is 6.19. The smallest absolute Gasteiger partial charge is 0.0987 e. The number of aromatic nitrogens is 2. The van der Waals surface area contributed by atoms with E-state index >= 15 is 0 Å². The molecule has 0 spiro atoms. The van der Waals surface area contributed by atoms with Crippen LogP contribution in [0.25, 0.3) is 0 Å². The summed E-state index contributed by atoms with van der Waals surface area (Å²) in [6, 6.07) is 8.00. The molecule has 0 atom stereocenters. The maximum atomic E-state index is 6.28. The van der Waals surface area contributed by atoms with Gasteiger partial charge in [0, 0.05) is 11.9 Å². The van der Waals surface area contributed by atoms with Gasteiger partial charge >= 0.3 is 0 Å². The molecule has 1 aromatic heterocycles. The molecule has 5 heteroatoms. The Morgan fingerprint density at radius 1 is 1.44 bits per heavy atom. The maximum absolute atomic E-state index is 6.28. The molecule has 0 fully saturated rings. The van der Waals surface area contributed by atoms with Crippen LogP contribution in [0.3, 0.4) is 0 Å². The van der Waals surface area contributed by atoms with Crippen LogP contribution in [-0.4, -0.2) is 16.3 Å². The molecule has 96 valence electrons. The number of hydrogen-bond donors (Lipinski definition) is 1. The summed E-state index contributed by atoms with van der Waals surface area (Å²) in [5.74, 6) is 0. The second-order valence-electron chi connectivity index (χ2n) is 4.12. The Kier molecular flexibility index (Phi) is 4.32. The first kappa shape index (κ1) is 13.5. The molecule has 2 rings (SSSR count). The average molecular weight is 282 g/mol. The predicted octanol–water partition coefficient (Wildman–Crippen LogP) is 3.03. The van der Waals surface area contributed by atoms with Crippen LogP contribution in [0.4, 0.5) is 0 Å². The minimum atomic E-state index is 0.623. The van der Waals surface area contributed by atoms with E-state index in [1.54, 1.807) is 11.8 Å². The molecular formula is C13H16ClN3S. The van der Waals surface area contributed by atoms with Gasteiger partial charge < -0.3 is 5.73 Å². The van der Waals surface area contributed by atoms with Crippen molar-refractivity contribution >= 4 is 23.4 Å². The zero-order valence-corrected chi connectivity index (χ0v) is 12.1. The molecule has 0 amide bonds. The molecule has 2 N–H and O–H groups in total. The van der Waals surface area contributed by atoms with Crippen LogP contribution in [0.5, 0.6) is 0 Å². The molecule has 3 nitrogen and oxygen atoms in total. The second-order valence-corrected chi connectivity index (χ2v) is 5.55. The molecule has 0 unspecified atom stereocenters. The number of halogens is 1. The Bertz CT molecular complexity index is 551. The van der Waals surface area contributed by atoms with E-state index in [2.05, 4.69) is 17.2 Å². The average Bonchev–Trinajstić information content (AvgIpc) is 2.62. The predicted molar refractivity (Wildman–Crippen MR) is 76.3 cm³/mol. The standard InChI is InChI=1S/C13H16ClN3S/c1-9-8-12(17(2)16-9)18-13-10(6-7-15)4-3-5-11(13)14/h3-5,8H,6-7,15H2,1-2H3. The highest BCUT2D eigenvalue weighted by molar-refractivity contribution is 7.99. The molecule has 0 aliphatic rings. The van der Waals surface area contributed by atoms with Crippen LogP contribution in [0.2, 0.25) is 5.02 Å². The number of nitrogens with zero attached hydrogens (tertiary/aromatic N) is 2. The topological polar surface area (TPSA) is 43.8 Å². The van der Waals surface area contributed by atoms with Crippen molar-refractivity contribution in [3.8, 4) is 0 Å². The van der Waals surface area contributed by atoms with Crippen LogP contribution < -0.4 is 5.73 Å². The first-order chi connectivity index (χ1) is 8.61. The number of hydrogen-bond acceptors (Lipinski definition) is 3. The van der Waals surface area contributed by atoms with Crippen molar-refractivity contribution in [3.05, 3.63) is 40.5 Å². The summed E-state index contributed by atoms with van der Waals surface area (Å²) in [7, 11) is 1.94. The van der Waals surface area contributed by atoms with Gasteiger partial charge in [0.2, 0.25) is 0 Å². The van der Waals surface area contributed by atoms with Gasteiger partial charge in [0.05, 0.1) is 15.7 Å². The summed E-state index contributed by atoms with van der Waals surface area (Å²) in [6.45, 7) is 2.61. The third-order valence-electron chi connectivity index (χ3n) is 2.63. The molecule has 1 aromatic carbocycles. The Balaban J connectivity index is 2.36. The van der Waals surface area contributed by atoms with Crippen LogP contribution in [0.1, 0.15) is 11.3 Å². The van der Waals surface area contributed by atoms with Gasteiger partial charge in [-0.25, -0.2) is 0 Å². The van der Waals surface area contributed by atoms with Gasteiger partial charge in [-0.3, -0.25) is 4.68 Å². The number of rotatable bonds is 4. The number of nitrogens with two attached hydrogens (primary N) is 1. The zero-order valence-electron chi connectivity index (χ0n) is 10.5. The molecule has 0 saturated heterocycles. The number of aryl methyl sites for hydroxylation is 2. The van der Waals surface area contributed by atoms with Gasteiger partial charge in [-0.2, -0.15) is 5.10 Å². The van der Waals surface area contributed by atoms with E-state index in [0.29, 0.717) is 6.54 Å². The summed E-state index contributed by atoms with van der Waals surface area (Å²) in [4.78, 5) is 1.08. The third kappa shape index (κ3) is 2.88. The van der Waals surface area contributed by atoms with Crippen molar-refractivity contribution in [1.29, 1.82) is 0 Å². The van der Waals surface area contributed by atoms with E-state index in [1.165, 1.54) is 5.56 Å². The lowest BCUT2D eigenvalue weighted by atomic mass is 10.1. The lowest BCUT2D eigenvalue weighted by molar-refractivity contribution is 0.692. The van der Waals surface area contributed by atoms with Gasteiger partial charge in [-0.05, 0) is 37.6 Å². The molecule has 1 heterocycles. The van der Waals surface area contributed by atoms with E-state index in [-0.39, 0.29) is 0 Å². The van der Waals surface area contributed by atoms with Crippen LogP contribution in [0, 0.1) is 6.92 Å². The van der Waals surface area contributed by atoms with Gasteiger partial charge in [0.15, 0.2) is 0 Å². The SMILES string of the molecule is Cc1cc(Sc2c(Cl)cccc2CCN)n(C)n1. The fourth-order valence-electron chi connectivity index (χ4n) is 1.81. The Labute approximate surface area is 116 Å². The van der Waals surface area contributed by atoms with Gasteiger partial charge in [0.1, 0.15) is 0 Å². The molecule has 2 aromatic rings. The highest BCUT2D eigenvalue weighted by atomic mass is 35.5. The van der Waals surface area contributed by atoms with Crippen LogP contribution in [0.15, 0.2) is 34.2 Å². The second kappa shape index (κ2) is 5.78. The molecule has 0 bridgehead atoms. The van der Waals surface area contributed by atoms with E-state index < -0.39 is 0 Å². The van der Waals surface area contributed by atoms with E-state index in [9.17, 15) is 0 Å². The molecule has 0 aliphatic carbocycles. The highest BCUT2D eigenvalue weighted by Crippen LogP contribution is 2.36. The van der Waals surface area contributed by atoms with Crippen molar-refractivity contribution in [2.75, 3.05) is 6.54 Å². The van der Waals surface area contributed by atoms with Crippen molar-refractivity contribution < 1.29 is 0 Å². The molecule has 18 heavy (non-hydrogen) atoms. The summed E-state index contributed by atoms with van der Waals surface area (Å²) >= 11 is 7.92. The highest BCUT2D eigenvalue weighted by Gasteiger charge is 2.11. The van der Waals surface area contributed by atoms with E-state index in [4.69, 9.17) is 17.3 Å². The van der Waals surface area contributed by atoms with Crippen LogP contribution in [-0.2, 0) is 13.5 Å². The summed E-state index contributed by atoms with van der Waals surface area (Å²) < 4.78 is 1.87. The van der Waals surface area contributed by atoms with Crippen molar-refractivity contribution in [1.82, 2.24) is 9.78 Å². The fraction of sp³-hybridized carbons (Fsp3) is 0.308. The van der Waals surface area contributed by atoms with E-state index in [1.807, 2.05) is 30.8 Å². The maximum Gasteiger partial charge on any atom is 0.0987 e. The van der Waals surface area contributed by atoms with Crippen molar-refractivity contribution in [2.24, 2.45) is 12.8 Å². The Morgan fingerprint density at radius 3 is 2.83 bits per heavy atom. The Hall–Kier alpha value is -0.970. The minimum absolute atomic E-state index is 0.623.